The Morgan fingerprint density at radius 2 is 1.42 bits per heavy atom. The van der Waals surface area contributed by atoms with Gasteiger partial charge in [-0.25, -0.2) is 0 Å². The van der Waals surface area contributed by atoms with Crippen molar-refractivity contribution in [3.63, 3.8) is 0 Å². The standard InChI is InChI=1S/C44H44N3OSi.Pt/c1-43(2,3)32-27-36(44(4,5)6)41(48)39(28-32)47-38-20-13-12-19-34(38)35-21-22-37(46-42(35)47)31-17-14-18-33(25-31)49(7,8)40-26-30(23-24-45-40)29-15-10-9-11-16-29;/h9-24,26-28,48H,1-8H3;/q-1;. The first-order valence-electron chi connectivity index (χ1n) is 17.1. The van der Waals surface area contributed by atoms with Crippen LogP contribution in [0.1, 0.15) is 52.7 Å². The van der Waals surface area contributed by atoms with E-state index in [0.717, 1.165) is 49.8 Å². The van der Waals surface area contributed by atoms with Gasteiger partial charge in [-0.2, -0.15) is 0 Å². The van der Waals surface area contributed by atoms with Gasteiger partial charge in [0.25, 0.3) is 0 Å². The van der Waals surface area contributed by atoms with Crippen LogP contribution in [0.25, 0.3) is 50.0 Å². The van der Waals surface area contributed by atoms with Gasteiger partial charge in [-0.3, -0.25) is 14.5 Å². The molecule has 4 nitrogen and oxygen atoms in total. The number of phenolic OH excluding ortho intramolecular Hbond substituents is 1. The largest absolute Gasteiger partial charge is 0.505 e. The Morgan fingerprint density at radius 1 is 0.700 bits per heavy atom. The van der Waals surface area contributed by atoms with Gasteiger partial charge < -0.3 is 5.11 Å². The average Bonchev–Trinajstić information content (AvgIpc) is 3.41. The number of aromatic nitrogens is 3. The summed E-state index contributed by atoms with van der Waals surface area (Å²) in [6.07, 6.45) is 1.93. The van der Waals surface area contributed by atoms with E-state index in [-0.39, 0.29) is 31.9 Å². The summed E-state index contributed by atoms with van der Waals surface area (Å²) < 4.78 is 2.15. The molecule has 0 aliphatic carbocycles. The molecule has 0 aliphatic rings. The molecule has 0 bridgehead atoms. The van der Waals surface area contributed by atoms with Crippen LogP contribution in [0.5, 0.6) is 5.75 Å². The predicted octanol–water partition coefficient (Wildman–Crippen LogP) is 9.83. The molecular weight excluding hydrogens is 810 g/mol. The second-order valence-electron chi connectivity index (χ2n) is 15.7. The molecule has 4 aromatic carbocycles. The van der Waals surface area contributed by atoms with E-state index in [9.17, 15) is 5.11 Å². The van der Waals surface area contributed by atoms with Gasteiger partial charge in [0, 0.05) is 48.9 Å². The van der Waals surface area contributed by atoms with Gasteiger partial charge in [-0.15, -0.1) is 35.0 Å². The van der Waals surface area contributed by atoms with Gasteiger partial charge in [-0.05, 0) is 57.5 Å². The van der Waals surface area contributed by atoms with Gasteiger partial charge in [0.05, 0.1) is 11.2 Å². The van der Waals surface area contributed by atoms with Crippen LogP contribution in [0.15, 0.2) is 115 Å². The normalized spacial score (nSPS) is 12.3. The second-order valence-corrected chi connectivity index (χ2v) is 20.0. The minimum Gasteiger partial charge on any atom is -0.505 e. The van der Waals surface area contributed by atoms with E-state index in [1.807, 2.05) is 12.3 Å². The number of para-hydroxylation sites is 1. The summed E-state index contributed by atoms with van der Waals surface area (Å²) in [5.74, 6) is 0.293. The molecule has 1 N–H and O–H groups in total. The first kappa shape index (κ1) is 35.5. The molecule has 7 rings (SSSR count). The molecule has 0 aliphatic heterocycles. The fraction of sp³-hybridized carbons (Fsp3) is 0.227. The smallest absolute Gasteiger partial charge is 0.143 e. The maximum atomic E-state index is 12.0. The summed E-state index contributed by atoms with van der Waals surface area (Å²) in [4.78, 5) is 10.2. The number of fused-ring (bicyclic) bond motifs is 3. The Kier molecular flexibility index (Phi) is 9.30. The number of hydrogen-bond donors (Lipinski definition) is 1. The van der Waals surface area contributed by atoms with Crippen molar-refractivity contribution in [2.24, 2.45) is 0 Å². The van der Waals surface area contributed by atoms with Gasteiger partial charge in [0.15, 0.2) is 0 Å². The van der Waals surface area contributed by atoms with Crippen LogP contribution < -0.4 is 10.5 Å². The molecule has 0 atom stereocenters. The van der Waals surface area contributed by atoms with E-state index in [0.29, 0.717) is 5.75 Å². The fourth-order valence-corrected chi connectivity index (χ4v) is 8.88. The SMILES string of the molecule is CC(C)(C)c1cc(-n2c3ccccc3c3ccc(-c4[c-]c([Si](C)(C)c5cc(-c6ccccc6)ccn5)ccc4)nc32)c(O)c(C(C)(C)C)c1.[Pt]. The van der Waals surface area contributed by atoms with Crippen LogP contribution in [0.4, 0.5) is 0 Å². The molecule has 50 heavy (non-hydrogen) atoms. The van der Waals surface area contributed by atoms with Crippen molar-refractivity contribution in [1.29, 1.82) is 0 Å². The number of nitrogens with zero attached hydrogens (tertiary/aromatic N) is 3. The number of rotatable bonds is 5. The molecular formula is C44H44N3OPtSi-. The van der Waals surface area contributed by atoms with E-state index < -0.39 is 8.07 Å². The first-order valence-corrected chi connectivity index (χ1v) is 20.1. The Balaban J connectivity index is 0.00000432. The number of phenols is 1. The summed E-state index contributed by atoms with van der Waals surface area (Å²) in [6.45, 7) is 17.8. The van der Waals surface area contributed by atoms with E-state index in [1.165, 1.54) is 21.9 Å². The van der Waals surface area contributed by atoms with Crippen molar-refractivity contribution in [2.75, 3.05) is 0 Å². The van der Waals surface area contributed by atoms with Crippen LogP contribution in [0.3, 0.4) is 0 Å². The van der Waals surface area contributed by atoms with E-state index >= 15 is 0 Å². The molecule has 3 aromatic heterocycles. The van der Waals surface area contributed by atoms with Crippen molar-refractivity contribution < 1.29 is 26.2 Å². The van der Waals surface area contributed by atoms with Crippen LogP contribution in [-0.2, 0) is 31.9 Å². The second kappa shape index (κ2) is 13.1. The van der Waals surface area contributed by atoms with Gasteiger partial charge in [0.1, 0.15) is 19.5 Å². The zero-order valence-electron chi connectivity index (χ0n) is 30.1. The molecule has 7 aromatic rings. The van der Waals surface area contributed by atoms with Crippen LogP contribution in [0.2, 0.25) is 13.1 Å². The molecule has 6 heteroatoms. The summed E-state index contributed by atoms with van der Waals surface area (Å²) in [5.41, 5.74) is 8.47. The zero-order chi connectivity index (χ0) is 34.7. The molecule has 0 radical (unpaired) electrons. The van der Waals surface area contributed by atoms with Gasteiger partial charge >= 0.3 is 0 Å². The fourth-order valence-electron chi connectivity index (χ4n) is 6.73. The third-order valence-electron chi connectivity index (χ3n) is 9.78. The van der Waals surface area contributed by atoms with Crippen LogP contribution in [-0.4, -0.2) is 27.7 Å². The van der Waals surface area contributed by atoms with Crippen molar-refractivity contribution in [3.8, 4) is 33.8 Å². The van der Waals surface area contributed by atoms with E-state index in [2.05, 4.69) is 168 Å². The molecule has 0 fully saturated rings. The number of hydrogen-bond acceptors (Lipinski definition) is 3. The van der Waals surface area contributed by atoms with Crippen LogP contribution >= 0.6 is 0 Å². The molecule has 0 spiro atoms. The zero-order valence-corrected chi connectivity index (χ0v) is 33.3. The molecule has 3 heterocycles. The van der Waals surface area contributed by atoms with Gasteiger partial charge in [-0.1, -0.05) is 121 Å². The first-order chi connectivity index (χ1) is 23.2. The molecule has 0 unspecified atom stereocenters. The Hall–Kier alpha value is -4.31. The summed E-state index contributed by atoms with van der Waals surface area (Å²) >= 11 is 0. The van der Waals surface area contributed by atoms with Crippen molar-refractivity contribution in [1.82, 2.24) is 14.5 Å². The van der Waals surface area contributed by atoms with E-state index in [4.69, 9.17) is 9.97 Å². The van der Waals surface area contributed by atoms with E-state index in [1.54, 1.807) is 0 Å². The minimum atomic E-state index is -2.22. The quantitative estimate of drug-likeness (QED) is 0.139. The number of benzene rings is 4. The van der Waals surface area contributed by atoms with Crippen molar-refractivity contribution in [2.45, 2.75) is 65.5 Å². The Labute approximate surface area is 311 Å². The molecule has 0 saturated heterocycles. The topological polar surface area (TPSA) is 50.9 Å². The van der Waals surface area contributed by atoms with Crippen molar-refractivity contribution >= 4 is 40.5 Å². The third kappa shape index (κ3) is 6.38. The van der Waals surface area contributed by atoms with Crippen LogP contribution in [0, 0.1) is 6.07 Å². The maximum Gasteiger partial charge on any atom is 0.143 e. The predicted molar refractivity (Wildman–Crippen MR) is 208 cm³/mol. The van der Waals surface area contributed by atoms with Crippen molar-refractivity contribution in [3.05, 3.63) is 133 Å². The maximum absolute atomic E-state index is 12.0. The monoisotopic (exact) mass is 853 g/mol. The summed E-state index contributed by atoms with van der Waals surface area (Å²) in [5, 5.41) is 16.4. The summed E-state index contributed by atoms with van der Waals surface area (Å²) in [7, 11) is -2.22. The molecule has 0 saturated carbocycles. The number of aromatic hydroxyl groups is 1. The Morgan fingerprint density at radius 3 is 2.14 bits per heavy atom. The number of pyridine rings is 2. The third-order valence-corrected chi connectivity index (χ3v) is 13.0. The molecule has 256 valence electrons. The average molecular weight is 854 g/mol. The minimum absolute atomic E-state index is 0. The molecule has 0 amide bonds. The Bertz CT molecular complexity index is 2350. The van der Waals surface area contributed by atoms with Gasteiger partial charge in [0.2, 0.25) is 0 Å². The summed E-state index contributed by atoms with van der Waals surface area (Å²) in [6, 6.07) is 42.0.